The molecule has 2 heterocycles. The topological polar surface area (TPSA) is 222 Å². The molecule has 1 atom stereocenters. The second kappa shape index (κ2) is 19.8. The van der Waals surface area contributed by atoms with E-state index in [1.165, 1.54) is 85.8 Å². The molecule has 1 amide bonds. The Labute approximate surface area is 401 Å². The number of hydrogen-bond acceptors (Lipinski definition) is 15. The summed E-state index contributed by atoms with van der Waals surface area (Å²) in [6.07, 6.45) is 0. The Kier molecular flexibility index (Phi) is 13.6. The van der Waals surface area contributed by atoms with E-state index >= 15 is 0 Å². The van der Waals surface area contributed by atoms with Crippen molar-refractivity contribution in [1.82, 2.24) is 24.8 Å². The van der Waals surface area contributed by atoms with Crippen molar-refractivity contribution in [1.29, 1.82) is 0 Å². The Morgan fingerprint density at radius 3 is 1.50 bits per heavy atom. The molecule has 0 fully saturated rings. The van der Waals surface area contributed by atoms with Crippen LogP contribution in [0.3, 0.4) is 0 Å². The number of nitrogens with one attached hydrogen (secondary N) is 5. The van der Waals surface area contributed by atoms with Crippen LogP contribution in [0, 0.1) is 11.6 Å². The molecule has 22 heteroatoms. The van der Waals surface area contributed by atoms with Crippen LogP contribution in [0.4, 0.5) is 54.8 Å². The molecule has 6 aromatic carbocycles. The van der Waals surface area contributed by atoms with Crippen molar-refractivity contribution in [2.45, 2.75) is 15.8 Å². The Balaban J connectivity index is 1.11. The van der Waals surface area contributed by atoms with Crippen LogP contribution in [0.2, 0.25) is 0 Å². The van der Waals surface area contributed by atoms with Crippen molar-refractivity contribution >= 4 is 94.0 Å². The lowest BCUT2D eigenvalue weighted by molar-refractivity contribution is -0.120. The lowest BCUT2D eigenvalue weighted by Gasteiger charge is -2.28. The number of para-hydroxylation sites is 4. The molecular formula is C48H45F2N11O7S2. The molecule has 360 valence electrons. The first-order chi connectivity index (χ1) is 33.4. The number of fused-ring (bicyclic) bond motifs is 2. The molecule has 0 aliphatic heterocycles. The van der Waals surface area contributed by atoms with Crippen molar-refractivity contribution < 1.29 is 39.9 Å². The van der Waals surface area contributed by atoms with Crippen LogP contribution in [0.15, 0.2) is 137 Å². The summed E-state index contributed by atoms with van der Waals surface area (Å²) in [5.41, 5.74) is 2.61. The van der Waals surface area contributed by atoms with E-state index in [4.69, 9.17) is 9.47 Å². The van der Waals surface area contributed by atoms with Gasteiger partial charge in [0.1, 0.15) is 10.9 Å². The van der Waals surface area contributed by atoms with Crippen LogP contribution in [0.25, 0.3) is 22.1 Å². The molecule has 18 nitrogen and oxygen atoms in total. The number of amides is 1. The van der Waals surface area contributed by atoms with Crippen LogP contribution in [-0.4, -0.2) is 90.0 Å². The van der Waals surface area contributed by atoms with Gasteiger partial charge >= 0.3 is 0 Å². The summed E-state index contributed by atoms with van der Waals surface area (Å²) in [5, 5.41) is 8.80. The van der Waals surface area contributed by atoms with Gasteiger partial charge in [-0.25, -0.2) is 45.6 Å². The van der Waals surface area contributed by atoms with E-state index in [9.17, 15) is 30.4 Å². The van der Waals surface area contributed by atoms with Crippen molar-refractivity contribution in [3.05, 3.63) is 145 Å². The zero-order chi connectivity index (χ0) is 49.9. The maximum absolute atomic E-state index is 14.9. The van der Waals surface area contributed by atoms with Gasteiger partial charge in [-0.2, -0.15) is 0 Å². The van der Waals surface area contributed by atoms with Crippen LogP contribution < -0.4 is 39.8 Å². The van der Waals surface area contributed by atoms with E-state index in [2.05, 4.69) is 45.3 Å². The van der Waals surface area contributed by atoms with Crippen LogP contribution in [0.5, 0.6) is 11.5 Å². The Hall–Kier alpha value is -8.21. The fraction of sp³-hybridized carbons (Fsp3) is 0.146. The average Bonchev–Trinajstić information content (AvgIpc) is 3.32. The standard InChI is InChI=1S/C48H45F2N11O7S2/c1-60(2)39-20-12-15-32(43(39)70(65,66)59-47-45(55-36-17-8-10-19-38(36)57-47)52-30-22-24-34(50)41(27-30)68-6)42(61(3)4)48(62)53-28-13-11-14-31(25-28)69(63,64)58-46-44(54-35-16-7-9-18-37(35)56-46)51-29-21-23-33(49)40(26-29)67-5/h7-27,42H,1-6H3,(H,51,54)(H,52,55)(H,53,62)(H,56,58)(H,57,59). The fourth-order valence-electron chi connectivity index (χ4n) is 7.44. The largest absolute Gasteiger partial charge is 0.494 e. The summed E-state index contributed by atoms with van der Waals surface area (Å²) < 4.78 is 102. The number of aromatic nitrogens is 4. The number of likely N-dealkylation sites (N-methyl/N-ethyl adjacent to an activating group) is 1. The number of carbonyl (C=O) groups excluding carboxylic acids is 1. The van der Waals surface area contributed by atoms with Gasteiger partial charge in [-0.15, -0.1) is 0 Å². The molecule has 5 N–H and O–H groups in total. The molecule has 2 aromatic heterocycles. The zero-order valence-corrected chi connectivity index (χ0v) is 39.9. The molecule has 1 unspecified atom stereocenters. The number of ether oxygens (including phenoxy) is 2. The molecule has 0 bridgehead atoms. The third-order valence-electron chi connectivity index (χ3n) is 10.7. The van der Waals surface area contributed by atoms with Crippen molar-refractivity contribution in [3.63, 3.8) is 0 Å². The summed E-state index contributed by atoms with van der Waals surface area (Å²) in [4.78, 5) is 35.5. The van der Waals surface area contributed by atoms with Gasteiger partial charge in [-0.1, -0.05) is 42.5 Å². The minimum absolute atomic E-state index is 0.00288. The molecule has 0 saturated carbocycles. The molecule has 0 radical (unpaired) electrons. The summed E-state index contributed by atoms with van der Waals surface area (Å²) in [5.74, 6) is -2.43. The van der Waals surface area contributed by atoms with Gasteiger partial charge in [0.05, 0.1) is 46.9 Å². The van der Waals surface area contributed by atoms with E-state index in [1.807, 2.05) is 0 Å². The molecule has 0 aliphatic carbocycles. The zero-order valence-electron chi connectivity index (χ0n) is 38.3. The van der Waals surface area contributed by atoms with E-state index in [0.717, 1.165) is 0 Å². The van der Waals surface area contributed by atoms with Crippen molar-refractivity contribution in [2.75, 3.05) is 72.7 Å². The Morgan fingerprint density at radius 1 is 0.557 bits per heavy atom. The van der Waals surface area contributed by atoms with Gasteiger partial charge in [0.25, 0.3) is 20.0 Å². The third-order valence-corrected chi connectivity index (χ3v) is 13.5. The predicted molar refractivity (Wildman–Crippen MR) is 265 cm³/mol. The normalized spacial score (nSPS) is 12.1. The first kappa shape index (κ1) is 48.3. The first-order valence-electron chi connectivity index (χ1n) is 21.1. The predicted octanol–water partition coefficient (Wildman–Crippen LogP) is 8.26. The number of rotatable bonds is 17. The maximum atomic E-state index is 14.9. The quantitative estimate of drug-likeness (QED) is 0.0579. The lowest BCUT2D eigenvalue weighted by Crippen LogP contribution is -2.34. The third kappa shape index (κ3) is 10.3. The van der Waals surface area contributed by atoms with E-state index < -0.39 is 43.6 Å². The highest BCUT2D eigenvalue weighted by Crippen LogP contribution is 2.37. The smallest absolute Gasteiger partial charge is 0.265 e. The molecule has 0 saturated heterocycles. The summed E-state index contributed by atoms with van der Waals surface area (Å²) in [6, 6.07) is 30.5. The van der Waals surface area contributed by atoms with Crippen molar-refractivity contribution in [3.8, 4) is 11.5 Å². The van der Waals surface area contributed by atoms with Crippen LogP contribution in [-0.2, 0) is 24.8 Å². The fourth-order valence-corrected chi connectivity index (χ4v) is 10.0. The average molecular weight is 990 g/mol. The number of carbonyl (C=O) groups is 1. The molecule has 0 spiro atoms. The maximum Gasteiger partial charge on any atom is 0.265 e. The van der Waals surface area contributed by atoms with E-state index in [0.29, 0.717) is 33.4 Å². The lowest BCUT2D eigenvalue weighted by atomic mass is 10.0. The van der Waals surface area contributed by atoms with Gasteiger partial charge in [-0.05, 0) is 86.9 Å². The second-order valence-electron chi connectivity index (χ2n) is 16.0. The highest BCUT2D eigenvalue weighted by Gasteiger charge is 2.34. The van der Waals surface area contributed by atoms with Crippen molar-refractivity contribution in [2.24, 2.45) is 0 Å². The van der Waals surface area contributed by atoms with Gasteiger partial charge in [0.2, 0.25) is 5.91 Å². The highest BCUT2D eigenvalue weighted by molar-refractivity contribution is 7.93. The van der Waals surface area contributed by atoms with E-state index in [-0.39, 0.29) is 61.5 Å². The molecule has 8 aromatic rings. The SMILES string of the molecule is COc1cc(Nc2nc3ccccc3nc2NS(=O)(=O)c2cccc(NC(=O)C(c3cccc(N(C)C)c3S(=O)(=O)Nc3nc4ccccc4nc3Nc3ccc(F)c(OC)c3)N(C)C)c2)ccc1F. The minimum atomic E-state index is -4.66. The highest BCUT2D eigenvalue weighted by atomic mass is 32.2. The number of methoxy groups -OCH3 is 2. The first-order valence-corrected chi connectivity index (χ1v) is 24.1. The molecular weight excluding hydrogens is 945 g/mol. The second-order valence-corrected chi connectivity index (χ2v) is 19.3. The molecule has 8 rings (SSSR count). The van der Waals surface area contributed by atoms with Gasteiger partial charge in [0.15, 0.2) is 46.4 Å². The number of sulfonamides is 2. The van der Waals surface area contributed by atoms with Gasteiger partial charge in [0, 0.05) is 48.9 Å². The number of benzene rings is 6. The number of halogens is 2. The number of anilines is 8. The summed E-state index contributed by atoms with van der Waals surface area (Å²) in [6.45, 7) is 0. The number of hydrogen-bond donors (Lipinski definition) is 5. The summed E-state index contributed by atoms with van der Waals surface area (Å²) >= 11 is 0. The molecule has 0 aliphatic rings. The number of nitrogens with zero attached hydrogens (tertiary/aromatic N) is 6. The van der Waals surface area contributed by atoms with Crippen LogP contribution >= 0.6 is 0 Å². The van der Waals surface area contributed by atoms with Gasteiger partial charge in [-0.3, -0.25) is 19.1 Å². The molecule has 70 heavy (non-hydrogen) atoms. The minimum Gasteiger partial charge on any atom is -0.494 e. The summed E-state index contributed by atoms with van der Waals surface area (Å²) in [7, 11) is -0.00306. The van der Waals surface area contributed by atoms with Gasteiger partial charge < -0.3 is 30.3 Å². The Bertz CT molecular complexity index is 3530. The van der Waals surface area contributed by atoms with Crippen LogP contribution in [0.1, 0.15) is 11.6 Å². The monoisotopic (exact) mass is 989 g/mol. The Morgan fingerprint density at radius 2 is 1.03 bits per heavy atom. The van der Waals surface area contributed by atoms with E-state index in [1.54, 1.807) is 93.8 Å².